The predicted octanol–water partition coefficient (Wildman–Crippen LogP) is 3.57. The van der Waals surface area contributed by atoms with E-state index >= 15 is 0 Å². The minimum absolute atomic E-state index is 0.0429. The number of carbonyl (C=O) groups is 1. The molecule has 1 amide bonds. The molecule has 7 heteroatoms. The van der Waals surface area contributed by atoms with Crippen molar-refractivity contribution in [3.05, 3.63) is 41.1 Å². The molecule has 3 rings (SSSR count). The van der Waals surface area contributed by atoms with Gasteiger partial charge in [-0.05, 0) is 37.1 Å². The van der Waals surface area contributed by atoms with E-state index in [-0.39, 0.29) is 5.91 Å². The number of aromatic nitrogens is 2. The van der Waals surface area contributed by atoms with Crippen LogP contribution in [0.25, 0.3) is 0 Å². The molecule has 2 heterocycles. The number of thioether (sulfide) groups is 1. The van der Waals surface area contributed by atoms with Gasteiger partial charge >= 0.3 is 0 Å². The number of carbonyl (C=O) groups excluding carboxylic acids is 1. The Kier molecular flexibility index (Phi) is 5.51. The summed E-state index contributed by atoms with van der Waals surface area (Å²) >= 11 is 4.80. The van der Waals surface area contributed by atoms with Gasteiger partial charge in [0, 0.05) is 29.3 Å². The molecule has 1 N–H and O–H groups in total. The maximum atomic E-state index is 12.0. The number of halogens is 1. The fourth-order valence-corrected chi connectivity index (χ4v) is 3.32. The van der Waals surface area contributed by atoms with Crippen LogP contribution in [0.2, 0.25) is 0 Å². The molecule has 5 nitrogen and oxygen atoms in total. The number of hydrogen-bond acceptors (Lipinski definition) is 5. The van der Waals surface area contributed by atoms with Crippen molar-refractivity contribution in [3.63, 3.8) is 0 Å². The fourth-order valence-electron chi connectivity index (χ4n) is 2.40. The number of amides is 1. The minimum Gasteiger partial charge on any atom is -0.356 e. The largest absolute Gasteiger partial charge is 0.356 e. The molecule has 1 aromatic carbocycles. The van der Waals surface area contributed by atoms with Crippen molar-refractivity contribution in [3.8, 4) is 0 Å². The number of hydrogen-bond donors (Lipinski definition) is 1. The summed E-state index contributed by atoms with van der Waals surface area (Å²) in [6.45, 7) is 2.09. The van der Waals surface area contributed by atoms with Crippen molar-refractivity contribution >= 4 is 45.1 Å². The van der Waals surface area contributed by atoms with Gasteiger partial charge in [-0.25, -0.2) is 9.97 Å². The Morgan fingerprint density at radius 1 is 1.22 bits per heavy atom. The van der Waals surface area contributed by atoms with Crippen LogP contribution in [-0.4, -0.2) is 34.7 Å². The lowest BCUT2D eigenvalue weighted by Crippen LogP contribution is -2.19. The molecule has 0 radical (unpaired) electrons. The van der Waals surface area contributed by atoms with Gasteiger partial charge in [-0.1, -0.05) is 27.7 Å². The monoisotopic (exact) mass is 392 g/mol. The molecule has 0 spiro atoms. The summed E-state index contributed by atoms with van der Waals surface area (Å²) in [5.41, 5.74) is 0.791. The molecule has 0 unspecified atom stereocenters. The van der Waals surface area contributed by atoms with E-state index in [4.69, 9.17) is 0 Å². The first-order valence-electron chi connectivity index (χ1n) is 7.46. The SMILES string of the molecule is O=C(CSc1cc(N2CCCC2)ncn1)Nc1ccc(Br)cc1. The van der Waals surface area contributed by atoms with Crippen LogP contribution < -0.4 is 10.2 Å². The average molecular weight is 393 g/mol. The first-order chi connectivity index (χ1) is 11.2. The lowest BCUT2D eigenvalue weighted by molar-refractivity contribution is -0.113. The Bertz CT molecular complexity index is 674. The Morgan fingerprint density at radius 3 is 2.70 bits per heavy atom. The van der Waals surface area contributed by atoms with Gasteiger partial charge in [0.05, 0.1) is 5.75 Å². The van der Waals surface area contributed by atoms with E-state index in [2.05, 4.69) is 36.1 Å². The third-order valence-electron chi connectivity index (χ3n) is 3.54. The van der Waals surface area contributed by atoms with Gasteiger partial charge in [-0.3, -0.25) is 4.79 Å². The lowest BCUT2D eigenvalue weighted by atomic mass is 10.3. The predicted molar refractivity (Wildman–Crippen MR) is 97.0 cm³/mol. The number of rotatable bonds is 5. The number of nitrogens with one attached hydrogen (secondary N) is 1. The summed E-state index contributed by atoms with van der Waals surface area (Å²) in [4.78, 5) is 22.8. The van der Waals surface area contributed by atoms with Crippen LogP contribution in [0.4, 0.5) is 11.5 Å². The quantitative estimate of drug-likeness (QED) is 0.622. The first-order valence-corrected chi connectivity index (χ1v) is 9.24. The van der Waals surface area contributed by atoms with Crippen molar-refractivity contribution < 1.29 is 4.79 Å². The summed E-state index contributed by atoms with van der Waals surface area (Å²) in [6, 6.07) is 9.49. The van der Waals surface area contributed by atoms with Crippen molar-refractivity contribution in [2.75, 3.05) is 29.1 Å². The molecular formula is C16H17BrN4OS. The highest BCUT2D eigenvalue weighted by Gasteiger charge is 2.14. The molecule has 0 bridgehead atoms. The highest BCUT2D eigenvalue weighted by Crippen LogP contribution is 2.22. The molecule has 0 saturated carbocycles. The maximum absolute atomic E-state index is 12.0. The Labute approximate surface area is 148 Å². The molecule has 1 aliphatic rings. The second-order valence-corrected chi connectivity index (χ2v) is 7.16. The zero-order valence-electron chi connectivity index (χ0n) is 12.5. The van der Waals surface area contributed by atoms with Crippen LogP contribution >= 0.6 is 27.7 Å². The zero-order chi connectivity index (χ0) is 16.1. The molecule has 0 atom stereocenters. The summed E-state index contributed by atoms with van der Waals surface area (Å²) < 4.78 is 0.986. The Hall–Kier alpha value is -1.60. The van der Waals surface area contributed by atoms with Crippen LogP contribution in [0.3, 0.4) is 0 Å². The van der Waals surface area contributed by atoms with Gasteiger partial charge < -0.3 is 10.2 Å². The van der Waals surface area contributed by atoms with Crippen molar-refractivity contribution in [2.24, 2.45) is 0 Å². The molecular weight excluding hydrogens is 376 g/mol. The van der Waals surface area contributed by atoms with Gasteiger partial charge in [-0.2, -0.15) is 0 Å². The van der Waals surface area contributed by atoms with Crippen molar-refractivity contribution in [1.29, 1.82) is 0 Å². The minimum atomic E-state index is -0.0429. The van der Waals surface area contributed by atoms with Crippen molar-refractivity contribution in [1.82, 2.24) is 9.97 Å². The van der Waals surface area contributed by atoms with E-state index in [9.17, 15) is 4.79 Å². The molecule has 1 aliphatic heterocycles. The average Bonchev–Trinajstić information content (AvgIpc) is 3.10. The maximum Gasteiger partial charge on any atom is 0.234 e. The van der Waals surface area contributed by atoms with E-state index < -0.39 is 0 Å². The van der Waals surface area contributed by atoms with Gasteiger partial charge in [-0.15, -0.1) is 0 Å². The standard InChI is InChI=1S/C16H17BrN4OS/c17-12-3-5-13(6-4-12)20-15(22)10-23-16-9-14(18-11-19-16)21-7-1-2-8-21/h3-6,9,11H,1-2,7-8,10H2,(H,20,22). The highest BCUT2D eigenvalue weighted by molar-refractivity contribution is 9.10. The van der Waals surface area contributed by atoms with Gasteiger partial charge in [0.15, 0.2) is 0 Å². The molecule has 1 fully saturated rings. The second-order valence-electron chi connectivity index (χ2n) is 5.25. The van der Waals surface area contributed by atoms with Gasteiger partial charge in [0.25, 0.3) is 0 Å². The topological polar surface area (TPSA) is 58.1 Å². The van der Waals surface area contributed by atoms with Crippen LogP contribution in [0.1, 0.15) is 12.8 Å². The number of nitrogens with zero attached hydrogens (tertiary/aromatic N) is 3. The lowest BCUT2D eigenvalue weighted by Gasteiger charge is -2.16. The molecule has 1 saturated heterocycles. The summed E-state index contributed by atoms with van der Waals surface area (Å²) in [5.74, 6) is 1.24. The van der Waals surface area contributed by atoms with E-state index in [1.807, 2.05) is 30.3 Å². The zero-order valence-corrected chi connectivity index (χ0v) is 14.9. The summed E-state index contributed by atoms with van der Waals surface area (Å²) in [5, 5.41) is 3.70. The molecule has 2 aromatic rings. The van der Waals surface area contributed by atoms with E-state index in [0.717, 1.165) is 34.1 Å². The molecule has 23 heavy (non-hydrogen) atoms. The summed E-state index contributed by atoms with van der Waals surface area (Å²) in [7, 11) is 0. The Balaban J connectivity index is 1.54. The Morgan fingerprint density at radius 2 is 1.96 bits per heavy atom. The normalized spacial score (nSPS) is 14.0. The van der Waals surface area contributed by atoms with E-state index in [1.165, 1.54) is 24.6 Å². The molecule has 0 aliphatic carbocycles. The van der Waals surface area contributed by atoms with Crippen LogP contribution in [-0.2, 0) is 4.79 Å². The van der Waals surface area contributed by atoms with Crippen LogP contribution in [0, 0.1) is 0 Å². The van der Waals surface area contributed by atoms with Crippen LogP contribution in [0.5, 0.6) is 0 Å². The third-order valence-corrected chi connectivity index (χ3v) is 4.99. The summed E-state index contributed by atoms with van der Waals surface area (Å²) in [6.07, 6.45) is 3.99. The van der Waals surface area contributed by atoms with E-state index in [1.54, 1.807) is 6.33 Å². The molecule has 120 valence electrons. The second kappa shape index (κ2) is 7.79. The fraction of sp³-hybridized carbons (Fsp3) is 0.312. The van der Waals surface area contributed by atoms with Crippen LogP contribution in [0.15, 0.2) is 46.2 Å². The van der Waals surface area contributed by atoms with Gasteiger partial charge in [0.2, 0.25) is 5.91 Å². The van der Waals surface area contributed by atoms with Crippen molar-refractivity contribution in [2.45, 2.75) is 17.9 Å². The third kappa shape index (κ3) is 4.68. The van der Waals surface area contributed by atoms with Gasteiger partial charge in [0.1, 0.15) is 17.2 Å². The smallest absolute Gasteiger partial charge is 0.234 e. The number of anilines is 2. The highest BCUT2D eigenvalue weighted by atomic mass is 79.9. The number of benzene rings is 1. The first kappa shape index (κ1) is 16.3. The van der Waals surface area contributed by atoms with E-state index in [0.29, 0.717) is 5.75 Å². The molecule has 1 aromatic heterocycles.